The van der Waals surface area contributed by atoms with Crippen LogP contribution in [0.25, 0.3) is 0 Å². The van der Waals surface area contributed by atoms with Crippen molar-refractivity contribution >= 4 is 29.2 Å². The summed E-state index contributed by atoms with van der Waals surface area (Å²) in [6.45, 7) is 0. The van der Waals surface area contributed by atoms with E-state index in [2.05, 4.69) is 15.8 Å². The first-order valence-corrected chi connectivity index (χ1v) is 7.02. The Labute approximate surface area is 144 Å². The van der Waals surface area contributed by atoms with Gasteiger partial charge >= 0.3 is 0 Å². The van der Waals surface area contributed by atoms with E-state index in [1.165, 1.54) is 7.11 Å². The molecule has 0 aliphatic rings. The Morgan fingerprint density at radius 2 is 1.56 bits per heavy atom. The lowest BCUT2D eigenvalue weighted by atomic mass is 10.2. The lowest BCUT2D eigenvalue weighted by Gasteiger charge is -2.10. The molecule has 0 amide bonds. The maximum Gasteiger partial charge on any atom is 0.200 e. The van der Waals surface area contributed by atoms with Crippen LogP contribution in [0, 0.1) is 29.1 Å². The molecule has 132 valence electrons. The van der Waals surface area contributed by atoms with Gasteiger partial charge in [0.25, 0.3) is 0 Å². The SMILES string of the molecule is COc1ccccc1NC(=S)N/N=C\c1c(F)c(F)c(F)c(F)c1F. The van der Waals surface area contributed by atoms with Crippen molar-refractivity contribution < 1.29 is 26.7 Å². The van der Waals surface area contributed by atoms with Gasteiger partial charge in [0.15, 0.2) is 28.4 Å². The van der Waals surface area contributed by atoms with E-state index in [9.17, 15) is 22.0 Å². The van der Waals surface area contributed by atoms with E-state index in [4.69, 9.17) is 17.0 Å². The van der Waals surface area contributed by atoms with Crippen LogP contribution in [0.1, 0.15) is 5.56 Å². The Morgan fingerprint density at radius 1 is 1.00 bits per heavy atom. The Hall–Kier alpha value is -2.75. The maximum atomic E-state index is 13.5. The zero-order valence-electron chi connectivity index (χ0n) is 12.5. The van der Waals surface area contributed by atoms with E-state index in [1.54, 1.807) is 24.3 Å². The number of hydrogen-bond acceptors (Lipinski definition) is 3. The average molecular weight is 375 g/mol. The molecule has 10 heteroatoms. The van der Waals surface area contributed by atoms with Crippen molar-refractivity contribution in [2.75, 3.05) is 12.4 Å². The highest BCUT2D eigenvalue weighted by Crippen LogP contribution is 2.23. The van der Waals surface area contributed by atoms with Crippen LogP contribution >= 0.6 is 12.2 Å². The van der Waals surface area contributed by atoms with Crippen molar-refractivity contribution in [3.63, 3.8) is 0 Å². The largest absolute Gasteiger partial charge is 0.495 e. The minimum atomic E-state index is -2.24. The first-order valence-electron chi connectivity index (χ1n) is 6.61. The molecule has 2 rings (SSSR count). The Morgan fingerprint density at radius 3 is 2.16 bits per heavy atom. The Kier molecular flexibility index (Phi) is 5.86. The van der Waals surface area contributed by atoms with Gasteiger partial charge in [-0.2, -0.15) is 5.10 Å². The van der Waals surface area contributed by atoms with Crippen LogP contribution in [0.5, 0.6) is 5.75 Å². The molecule has 4 nitrogen and oxygen atoms in total. The fourth-order valence-corrected chi connectivity index (χ4v) is 1.95. The second kappa shape index (κ2) is 7.88. The molecule has 0 radical (unpaired) electrons. The summed E-state index contributed by atoms with van der Waals surface area (Å²) in [4.78, 5) is 0. The minimum Gasteiger partial charge on any atom is -0.495 e. The lowest BCUT2D eigenvalue weighted by molar-refractivity contribution is 0.377. The number of rotatable bonds is 4. The van der Waals surface area contributed by atoms with Crippen molar-refractivity contribution in [1.29, 1.82) is 0 Å². The van der Waals surface area contributed by atoms with Crippen molar-refractivity contribution in [3.05, 3.63) is 58.9 Å². The van der Waals surface area contributed by atoms with Gasteiger partial charge in [-0.1, -0.05) is 12.1 Å². The summed E-state index contributed by atoms with van der Waals surface area (Å²) in [6, 6.07) is 6.72. The number of ether oxygens (including phenoxy) is 1. The molecule has 2 aromatic rings. The van der Waals surface area contributed by atoms with Gasteiger partial charge < -0.3 is 10.1 Å². The summed E-state index contributed by atoms with van der Waals surface area (Å²) in [5.41, 5.74) is 1.49. The third-order valence-corrected chi connectivity index (χ3v) is 3.15. The molecule has 0 aliphatic heterocycles. The summed E-state index contributed by atoms with van der Waals surface area (Å²) < 4.78 is 71.1. The molecule has 0 fully saturated rings. The molecule has 0 atom stereocenters. The molecule has 0 bridgehead atoms. The third-order valence-electron chi connectivity index (χ3n) is 2.96. The van der Waals surface area contributed by atoms with Gasteiger partial charge in [-0.3, -0.25) is 5.43 Å². The maximum absolute atomic E-state index is 13.5. The van der Waals surface area contributed by atoms with Crippen LogP contribution in [0.15, 0.2) is 29.4 Å². The van der Waals surface area contributed by atoms with Crippen LogP contribution in [0.3, 0.4) is 0 Å². The zero-order chi connectivity index (χ0) is 18.6. The van der Waals surface area contributed by atoms with Gasteiger partial charge in [-0.15, -0.1) is 0 Å². The standard InChI is InChI=1S/C15H10F5N3OS/c1-24-9-5-3-2-4-8(9)22-15(25)23-21-6-7-10(16)12(18)14(20)13(19)11(7)17/h2-6H,1H3,(H2,22,23,25)/b21-6-. The molecule has 0 unspecified atom stereocenters. The number of anilines is 1. The van der Waals surface area contributed by atoms with Crippen molar-refractivity contribution in [1.82, 2.24) is 5.43 Å². The fourth-order valence-electron chi connectivity index (χ4n) is 1.79. The van der Waals surface area contributed by atoms with Crippen molar-refractivity contribution in [2.45, 2.75) is 0 Å². The second-order valence-electron chi connectivity index (χ2n) is 4.51. The lowest BCUT2D eigenvalue weighted by Crippen LogP contribution is -2.24. The van der Waals surface area contributed by atoms with Gasteiger partial charge in [-0.25, -0.2) is 22.0 Å². The molecular formula is C15H10F5N3OS. The Balaban J connectivity index is 2.13. The number of hydrogen-bond donors (Lipinski definition) is 2. The smallest absolute Gasteiger partial charge is 0.200 e. The van der Waals surface area contributed by atoms with E-state index in [-0.39, 0.29) is 5.11 Å². The molecule has 0 spiro atoms. The summed E-state index contributed by atoms with van der Waals surface area (Å²) in [7, 11) is 1.44. The molecule has 0 saturated carbocycles. The molecule has 0 aliphatic carbocycles. The second-order valence-corrected chi connectivity index (χ2v) is 4.92. The summed E-state index contributed by atoms with van der Waals surface area (Å²) >= 11 is 4.91. The molecule has 0 saturated heterocycles. The predicted octanol–water partition coefficient (Wildman–Crippen LogP) is 3.71. The van der Waals surface area contributed by atoms with E-state index in [1.807, 2.05) is 0 Å². The van der Waals surface area contributed by atoms with Crippen molar-refractivity contribution in [2.24, 2.45) is 5.10 Å². The Bertz CT molecular complexity index is 815. The summed E-state index contributed by atoms with van der Waals surface area (Å²) in [5.74, 6) is -9.88. The summed E-state index contributed by atoms with van der Waals surface area (Å²) in [5, 5.41) is 5.97. The van der Waals surface area contributed by atoms with E-state index in [0.717, 1.165) is 0 Å². The number of methoxy groups -OCH3 is 1. The number of halogens is 5. The monoisotopic (exact) mass is 375 g/mol. The first-order chi connectivity index (χ1) is 11.9. The number of nitrogens with zero attached hydrogens (tertiary/aromatic N) is 1. The third kappa shape index (κ3) is 4.02. The first kappa shape index (κ1) is 18.6. The van der Waals surface area contributed by atoms with Gasteiger partial charge in [-0.05, 0) is 24.4 Å². The molecule has 2 aromatic carbocycles. The van der Waals surface area contributed by atoms with E-state index >= 15 is 0 Å². The predicted molar refractivity (Wildman–Crippen MR) is 86.2 cm³/mol. The number of thiocarbonyl (C=S) groups is 1. The van der Waals surface area contributed by atoms with E-state index < -0.39 is 34.6 Å². The van der Waals surface area contributed by atoms with Gasteiger partial charge in [0, 0.05) is 0 Å². The molecule has 2 N–H and O–H groups in total. The topological polar surface area (TPSA) is 45.6 Å². The van der Waals surface area contributed by atoms with Crippen LogP contribution in [-0.4, -0.2) is 18.4 Å². The molecule has 25 heavy (non-hydrogen) atoms. The quantitative estimate of drug-likeness (QED) is 0.214. The minimum absolute atomic E-state index is 0.0929. The average Bonchev–Trinajstić information content (AvgIpc) is 2.61. The molecular weight excluding hydrogens is 365 g/mol. The van der Waals surface area contributed by atoms with Gasteiger partial charge in [0.2, 0.25) is 5.82 Å². The summed E-state index contributed by atoms with van der Waals surface area (Å²) in [6.07, 6.45) is 0.437. The highest BCUT2D eigenvalue weighted by Gasteiger charge is 2.24. The zero-order valence-corrected chi connectivity index (χ0v) is 13.4. The van der Waals surface area contributed by atoms with E-state index in [0.29, 0.717) is 17.7 Å². The van der Waals surface area contributed by atoms with Crippen LogP contribution in [0.2, 0.25) is 0 Å². The van der Waals surface area contributed by atoms with Gasteiger partial charge in [0.1, 0.15) is 5.75 Å². The number of para-hydroxylation sites is 2. The number of hydrazone groups is 1. The number of nitrogens with one attached hydrogen (secondary N) is 2. The van der Waals surface area contributed by atoms with Crippen LogP contribution in [-0.2, 0) is 0 Å². The fraction of sp³-hybridized carbons (Fsp3) is 0.0667. The normalized spacial score (nSPS) is 10.8. The number of benzene rings is 2. The molecule has 0 aromatic heterocycles. The highest BCUT2D eigenvalue weighted by atomic mass is 32.1. The van der Waals surface area contributed by atoms with Gasteiger partial charge in [0.05, 0.1) is 24.6 Å². The molecule has 0 heterocycles. The van der Waals surface area contributed by atoms with Crippen LogP contribution < -0.4 is 15.5 Å². The highest BCUT2D eigenvalue weighted by molar-refractivity contribution is 7.80. The van der Waals surface area contributed by atoms with Crippen LogP contribution in [0.4, 0.5) is 27.6 Å². The van der Waals surface area contributed by atoms with Crippen molar-refractivity contribution in [3.8, 4) is 5.75 Å².